The largest absolute Gasteiger partial charge is 0.381 e. The van der Waals surface area contributed by atoms with Crippen molar-refractivity contribution in [3.63, 3.8) is 0 Å². The van der Waals surface area contributed by atoms with Crippen LogP contribution in [0, 0.1) is 11.3 Å². The zero-order chi connectivity index (χ0) is 14.2. The molecule has 3 aliphatic rings. The van der Waals surface area contributed by atoms with Crippen LogP contribution < -0.4 is 0 Å². The minimum atomic E-state index is -0.185. The molecule has 3 fully saturated rings. The van der Waals surface area contributed by atoms with Crippen molar-refractivity contribution < 1.29 is 14.3 Å². The summed E-state index contributed by atoms with van der Waals surface area (Å²) in [7, 11) is 1.89. The molecule has 5 nitrogen and oxygen atoms in total. The van der Waals surface area contributed by atoms with Gasteiger partial charge in [0.05, 0.1) is 17.9 Å². The molecular weight excluding hydrogens is 256 g/mol. The minimum Gasteiger partial charge on any atom is -0.381 e. The highest BCUT2D eigenvalue weighted by molar-refractivity contribution is 5.85. The van der Waals surface area contributed by atoms with E-state index in [1.165, 1.54) is 0 Å². The third kappa shape index (κ3) is 2.32. The van der Waals surface area contributed by atoms with Gasteiger partial charge in [0.2, 0.25) is 11.8 Å². The Labute approximate surface area is 120 Å². The normalized spacial score (nSPS) is 34.9. The van der Waals surface area contributed by atoms with Crippen LogP contribution in [0.25, 0.3) is 0 Å². The fraction of sp³-hybridized carbons (Fsp3) is 0.867. The first kappa shape index (κ1) is 13.9. The second kappa shape index (κ2) is 5.35. The summed E-state index contributed by atoms with van der Waals surface area (Å²) >= 11 is 0. The Balaban J connectivity index is 1.65. The van der Waals surface area contributed by atoms with Gasteiger partial charge in [0.15, 0.2) is 0 Å². The number of hydrogen-bond donors (Lipinski definition) is 0. The lowest BCUT2D eigenvalue weighted by Gasteiger charge is -2.26. The fourth-order valence-corrected chi connectivity index (χ4v) is 3.86. The predicted molar refractivity (Wildman–Crippen MR) is 74.0 cm³/mol. The van der Waals surface area contributed by atoms with E-state index in [1.807, 2.05) is 16.8 Å². The molecule has 3 aliphatic heterocycles. The Morgan fingerprint density at radius 2 is 2.05 bits per heavy atom. The van der Waals surface area contributed by atoms with E-state index in [0.29, 0.717) is 13.2 Å². The molecule has 5 heteroatoms. The van der Waals surface area contributed by atoms with Gasteiger partial charge in [-0.3, -0.25) is 9.59 Å². The van der Waals surface area contributed by atoms with Gasteiger partial charge >= 0.3 is 0 Å². The summed E-state index contributed by atoms with van der Waals surface area (Å²) < 4.78 is 5.32. The summed E-state index contributed by atoms with van der Waals surface area (Å²) in [6, 6.07) is 0. The van der Waals surface area contributed by atoms with Crippen molar-refractivity contribution in [2.75, 3.05) is 39.9 Å². The molecule has 0 aliphatic carbocycles. The molecule has 0 unspecified atom stereocenters. The Morgan fingerprint density at radius 3 is 2.70 bits per heavy atom. The standard InChI is InChI=1S/C15H24N2O3/c1-16-8-5-15(14(16)19)4-2-7-17(9-6-15)13(18)12-3-10-20-11-12/h12H,2-11H2,1H3/t12-,15-/m1/s1. The molecule has 1 spiro atoms. The van der Waals surface area contributed by atoms with Crippen molar-refractivity contribution in [1.82, 2.24) is 9.80 Å². The van der Waals surface area contributed by atoms with Gasteiger partial charge in [-0.15, -0.1) is 0 Å². The van der Waals surface area contributed by atoms with Gasteiger partial charge < -0.3 is 14.5 Å². The van der Waals surface area contributed by atoms with E-state index >= 15 is 0 Å². The van der Waals surface area contributed by atoms with Crippen molar-refractivity contribution in [2.45, 2.75) is 32.1 Å². The Bertz CT molecular complexity index is 406. The summed E-state index contributed by atoms with van der Waals surface area (Å²) in [6.45, 7) is 3.67. The topological polar surface area (TPSA) is 49.9 Å². The van der Waals surface area contributed by atoms with Crippen molar-refractivity contribution >= 4 is 11.8 Å². The summed E-state index contributed by atoms with van der Waals surface area (Å²) in [5, 5.41) is 0. The molecular formula is C15H24N2O3. The third-order valence-corrected chi connectivity index (χ3v) is 5.26. The van der Waals surface area contributed by atoms with E-state index in [2.05, 4.69) is 0 Å². The van der Waals surface area contributed by atoms with E-state index in [1.54, 1.807) is 0 Å². The SMILES string of the molecule is CN1CC[C@@]2(CCCN(C(=O)[C@@H]3CCOC3)CC2)C1=O. The molecule has 0 bridgehead atoms. The lowest BCUT2D eigenvalue weighted by atomic mass is 9.79. The maximum Gasteiger partial charge on any atom is 0.228 e. The number of nitrogens with zero attached hydrogens (tertiary/aromatic N) is 2. The zero-order valence-corrected chi connectivity index (χ0v) is 12.3. The van der Waals surface area contributed by atoms with Gasteiger partial charge in [0.25, 0.3) is 0 Å². The van der Waals surface area contributed by atoms with Crippen LogP contribution >= 0.6 is 0 Å². The van der Waals surface area contributed by atoms with Crippen LogP contribution in [0.15, 0.2) is 0 Å². The molecule has 3 heterocycles. The van der Waals surface area contributed by atoms with Crippen LogP contribution in [0.2, 0.25) is 0 Å². The van der Waals surface area contributed by atoms with Crippen LogP contribution in [-0.2, 0) is 14.3 Å². The van der Waals surface area contributed by atoms with Gasteiger partial charge in [-0.2, -0.15) is 0 Å². The van der Waals surface area contributed by atoms with Gasteiger partial charge in [-0.1, -0.05) is 0 Å². The molecule has 2 amide bonds. The molecule has 112 valence electrons. The average molecular weight is 280 g/mol. The smallest absolute Gasteiger partial charge is 0.228 e. The monoisotopic (exact) mass is 280 g/mol. The number of likely N-dealkylation sites (tertiary alicyclic amines) is 2. The molecule has 20 heavy (non-hydrogen) atoms. The van der Waals surface area contributed by atoms with Crippen LogP contribution in [0.5, 0.6) is 0 Å². The van der Waals surface area contributed by atoms with E-state index in [9.17, 15) is 9.59 Å². The molecule has 3 saturated heterocycles. The van der Waals surface area contributed by atoms with Crippen molar-refractivity contribution in [3.05, 3.63) is 0 Å². The number of hydrogen-bond acceptors (Lipinski definition) is 3. The maximum atomic E-state index is 12.5. The van der Waals surface area contributed by atoms with Gasteiger partial charge in [-0.25, -0.2) is 0 Å². The van der Waals surface area contributed by atoms with Gasteiger partial charge in [-0.05, 0) is 32.1 Å². The van der Waals surface area contributed by atoms with E-state index < -0.39 is 0 Å². The number of ether oxygens (including phenoxy) is 1. The summed E-state index contributed by atoms with van der Waals surface area (Å²) in [5.74, 6) is 0.570. The molecule has 0 aromatic carbocycles. The number of carbonyl (C=O) groups excluding carboxylic acids is 2. The molecule has 0 saturated carbocycles. The molecule has 2 atom stereocenters. The first-order valence-corrected chi connectivity index (χ1v) is 7.74. The first-order chi connectivity index (χ1) is 9.62. The lowest BCUT2D eigenvalue weighted by Crippen LogP contribution is -2.38. The van der Waals surface area contributed by atoms with Crippen LogP contribution in [-0.4, -0.2) is 61.5 Å². The van der Waals surface area contributed by atoms with E-state index in [4.69, 9.17) is 4.74 Å². The molecule has 0 aromatic heterocycles. The second-order valence-corrected chi connectivity index (χ2v) is 6.50. The fourth-order valence-electron chi connectivity index (χ4n) is 3.86. The molecule has 0 radical (unpaired) electrons. The zero-order valence-electron chi connectivity index (χ0n) is 12.3. The van der Waals surface area contributed by atoms with Crippen molar-refractivity contribution in [2.24, 2.45) is 11.3 Å². The summed E-state index contributed by atoms with van der Waals surface area (Å²) in [6.07, 6.45) is 4.51. The second-order valence-electron chi connectivity index (χ2n) is 6.50. The molecule has 3 rings (SSSR count). The first-order valence-electron chi connectivity index (χ1n) is 7.74. The highest BCUT2D eigenvalue weighted by atomic mass is 16.5. The lowest BCUT2D eigenvalue weighted by molar-refractivity contribution is -0.137. The Morgan fingerprint density at radius 1 is 1.25 bits per heavy atom. The van der Waals surface area contributed by atoms with Crippen molar-refractivity contribution in [1.29, 1.82) is 0 Å². The molecule has 0 aromatic rings. The molecule has 0 N–H and O–H groups in total. The van der Waals surface area contributed by atoms with Gasteiger partial charge in [0, 0.05) is 33.3 Å². The Kier molecular flexibility index (Phi) is 3.71. The number of carbonyl (C=O) groups is 2. The number of rotatable bonds is 1. The van der Waals surface area contributed by atoms with E-state index in [0.717, 1.165) is 51.7 Å². The average Bonchev–Trinajstić information content (AvgIpc) is 3.00. The quantitative estimate of drug-likeness (QED) is 0.716. The predicted octanol–water partition coefficient (Wildman–Crippen LogP) is 0.884. The minimum absolute atomic E-state index is 0.0472. The maximum absolute atomic E-state index is 12.5. The van der Waals surface area contributed by atoms with Crippen LogP contribution in [0.1, 0.15) is 32.1 Å². The van der Waals surface area contributed by atoms with Crippen molar-refractivity contribution in [3.8, 4) is 0 Å². The summed E-state index contributed by atoms with van der Waals surface area (Å²) in [5.41, 5.74) is -0.185. The van der Waals surface area contributed by atoms with E-state index in [-0.39, 0.29) is 23.1 Å². The Hall–Kier alpha value is -1.10. The highest BCUT2D eigenvalue weighted by Gasteiger charge is 2.46. The van der Waals surface area contributed by atoms with Gasteiger partial charge in [0.1, 0.15) is 0 Å². The summed E-state index contributed by atoms with van der Waals surface area (Å²) in [4.78, 5) is 28.6. The highest BCUT2D eigenvalue weighted by Crippen LogP contribution is 2.41. The van der Waals surface area contributed by atoms with Crippen LogP contribution in [0.4, 0.5) is 0 Å². The third-order valence-electron chi connectivity index (χ3n) is 5.26. The van der Waals surface area contributed by atoms with Crippen LogP contribution in [0.3, 0.4) is 0 Å². The number of amides is 2.